The van der Waals surface area contributed by atoms with Crippen LogP contribution in [0.3, 0.4) is 0 Å². The number of nitrogens with one attached hydrogen (secondary N) is 1. The maximum absolute atomic E-state index is 12.5. The van der Waals surface area contributed by atoms with E-state index in [0.717, 1.165) is 5.01 Å². The molecule has 2 amide bonds. The summed E-state index contributed by atoms with van der Waals surface area (Å²) in [5.74, 6) is -1.37. The van der Waals surface area contributed by atoms with Crippen molar-refractivity contribution in [2.45, 2.75) is 26.3 Å². The van der Waals surface area contributed by atoms with E-state index < -0.39 is 26.9 Å². The summed E-state index contributed by atoms with van der Waals surface area (Å²) in [6.45, 7) is 5.39. The summed E-state index contributed by atoms with van der Waals surface area (Å²) >= 11 is 16.8. The SMILES string of the molecule is CC(C)(C)NN(C(=O)C(Cl)=C(Cl)Cl)C(=O)c1ccccc1. The molecular formula is C14H15Cl3N2O2. The van der Waals surface area contributed by atoms with Gasteiger partial charge in [0.15, 0.2) is 0 Å². The Morgan fingerprint density at radius 1 is 1.05 bits per heavy atom. The number of amides is 2. The number of rotatable bonds is 3. The first kappa shape index (κ1) is 18.0. The molecule has 0 fully saturated rings. The Kier molecular flexibility index (Phi) is 6.23. The maximum Gasteiger partial charge on any atom is 0.289 e. The lowest BCUT2D eigenvalue weighted by Gasteiger charge is -2.30. The van der Waals surface area contributed by atoms with Gasteiger partial charge < -0.3 is 0 Å². The van der Waals surface area contributed by atoms with E-state index >= 15 is 0 Å². The molecule has 0 aliphatic heterocycles. The predicted molar refractivity (Wildman–Crippen MR) is 85.1 cm³/mol. The van der Waals surface area contributed by atoms with E-state index in [1.807, 2.05) is 0 Å². The zero-order chi connectivity index (χ0) is 16.2. The van der Waals surface area contributed by atoms with E-state index in [1.54, 1.807) is 51.1 Å². The average Bonchev–Trinajstić information content (AvgIpc) is 2.42. The van der Waals surface area contributed by atoms with E-state index in [0.29, 0.717) is 5.56 Å². The van der Waals surface area contributed by atoms with Crippen LogP contribution >= 0.6 is 34.8 Å². The summed E-state index contributed by atoms with van der Waals surface area (Å²) in [5.41, 5.74) is 2.57. The molecule has 1 rings (SSSR count). The van der Waals surface area contributed by atoms with Crippen LogP contribution in [0.15, 0.2) is 39.9 Å². The number of hydrogen-bond donors (Lipinski definition) is 1. The van der Waals surface area contributed by atoms with Crippen molar-refractivity contribution < 1.29 is 9.59 Å². The van der Waals surface area contributed by atoms with Gasteiger partial charge in [-0.05, 0) is 32.9 Å². The van der Waals surface area contributed by atoms with Crippen molar-refractivity contribution in [3.63, 3.8) is 0 Å². The zero-order valence-corrected chi connectivity index (χ0v) is 14.1. The van der Waals surface area contributed by atoms with Crippen LogP contribution in [0.5, 0.6) is 0 Å². The molecule has 0 heterocycles. The van der Waals surface area contributed by atoms with Crippen LogP contribution in [0.2, 0.25) is 0 Å². The molecule has 0 unspecified atom stereocenters. The Morgan fingerprint density at radius 2 is 1.57 bits per heavy atom. The number of hydrazine groups is 1. The number of carbonyl (C=O) groups excluding carboxylic acids is 2. The van der Waals surface area contributed by atoms with Gasteiger partial charge in [0.05, 0.1) is 0 Å². The lowest BCUT2D eigenvalue weighted by atomic mass is 10.1. The minimum absolute atomic E-state index is 0.331. The number of hydrogen-bond acceptors (Lipinski definition) is 3. The van der Waals surface area contributed by atoms with Gasteiger partial charge in [-0.1, -0.05) is 53.0 Å². The molecule has 0 spiro atoms. The molecule has 0 atom stereocenters. The Hall–Kier alpha value is -1.07. The monoisotopic (exact) mass is 348 g/mol. The third kappa shape index (κ3) is 5.32. The molecule has 0 aromatic heterocycles. The molecular weight excluding hydrogens is 335 g/mol. The van der Waals surface area contributed by atoms with E-state index in [4.69, 9.17) is 34.8 Å². The van der Waals surface area contributed by atoms with E-state index in [9.17, 15) is 9.59 Å². The van der Waals surface area contributed by atoms with Crippen LogP contribution in [0.4, 0.5) is 0 Å². The highest BCUT2D eigenvalue weighted by Gasteiger charge is 2.29. The van der Waals surface area contributed by atoms with E-state index in [2.05, 4.69) is 5.43 Å². The van der Waals surface area contributed by atoms with Gasteiger partial charge in [0.25, 0.3) is 11.8 Å². The second-order valence-electron chi connectivity index (χ2n) is 5.25. The first-order chi connectivity index (χ1) is 9.63. The van der Waals surface area contributed by atoms with Gasteiger partial charge >= 0.3 is 0 Å². The van der Waals surface area contributed by atoms with Crippen LogP contribution in [-0.4, -0.2) is 22.4 Å². The molecule has 0 saturated heterocycles. The fraction of sp³-hybridized carbons (Fsp3) is 0.286. The average molecular weight is 350 g/mol. The molecule has 1 N–H and O–H groups in total. The normalized spacial score (nSPS) is 11.0. The van der Waals surface area contributed by atoms with Crippen molar-refractivity contribution in [1.29, 1.82) is 0 Å². The van der Waals surface area contributed by atoms with Gasteiger partial charge in [-0.2, -0.15) is 0 Å². The fourth-order valence-electron chi connectivity index (χ4n) is 1.42. The highest BCUT2D eigenvalue weighted by Crippen LogP contribution is 2.21. The molecule has 1 aromatic carbocycles. The first-order valence-corrected chi connectivity index (χ1v) is 7.19. The minimum Gasteiger partial charge on any atom is -0.267 e. The van der Waals surface area contributed by atoms with Gasteiger partial charge in [0, 0.05) is 11.1 Å². The van der Waals surface area contributed by atoms with Crippen molar-refractivity contribution in [3.05, 3.63) is 45.4 Å². The molecule has 0 radical (unpaired) electrons. The van der Waals surface area contributed by atoms with Crippen LogP contribution in [0.1, 0.15) is 31.1 Å². The van der Waals surface area contributed by atoms with Crippen LogP contribution in [-0.2, 0) is 4.79 Å². The fourth-order valence-corrected chi connectivity index (χ4v) is 1.66. The predicted octanol–water partition coefficient (Wildman–Crippen LogP) is 3.84. The van der Waals surface area contributed by atoms with Crippen molar-refractivity contribution in [2.75, 3.05) is 0 Å². The Labute approximate surface area is 138 Å². The summed E-state index contributed by atoms with van der Waals surface area (Å²) < 4.78 is -0.400. The van der Waals surface area contributed by atoms with E-state index in [1.165, 1.54) is 0 Å². The topological polar surface area (TPSA) is 49.4 Å². The largest absolute Gasteiger partial charge is 0.289 e. The minimum atomic E-state index is -0.819. The number of benzene rings is 1. The molecule has 114 valence electrons. The van der Waals surface area contributed by atoms with Gasteiger partial charge in [0.1, 0.15) is 9.52 Å². The van der Waals surface area contributed by atoms with Gasteiger partial charge in [-0.25, -0.2) is 10.4 Å². The second kappa shape index (κ2) is 7.27. The zero-order valence-electron chi connectivity index (χ0n) is 11.8. The number of nitrogens with zero attached hydrogens (tertiary/aromatic N) is 1. The smallest absolute Gasteiger partial charge is 0.267 e. The Morgan fingerprint density at radius 3 is 2.00 bits per heavy atom. The first-order valence-electron chi connectivity index (χ1n) is 6.06. The molecule has 1 aromatic rings. The van der Waals surface area contributed by atoms with Crippen LogP contribution in [0, 0.1) is 0 Å². The second-order valence-corrected chi connectivity index (χ2v) is 6.58. The van der Waals surface area contributed by atoms with Crippen molar-refractivity contribution in [1.82, 2.24) is 10.4 Å². The Balaban J connectivity index is 3.18. The van der Waals surface area contributed by atoms with Crippen LogP contribution < -0.4 is 5.43 Å². The van der Waals surface area contributed by atoms with Gasteiger partial charge in [-0.3, -0.25) is 9.59 Å². The number of carbonyl (C=O) groups is 2. The van der Waals surface area contributed by atoms with E-state index in [-0.39, 0.29) is 0 Å². The number of imide groups is 1. The molecule has 0 saturated carbocycles. The Bertz CT molecular complexity index is 561. The summed E-state index contributed by atoms with van der Waals surface area (Å²) in [6, 6.07) is 8.33. The molecule has 7 heteroatoms. The maximum atomic E-state index is 12.5. The standard InChI is InChI=1S/C14H15Cl3N2O2/c1-14(2,3)18-19(13(21)10(15)11(16)17)12(20)9-7-5-4-6-8-9/h4-8,18H,1-3H3. The molecule has 0 aliphatic rings. The third-order valence-corrected chi connectivity index (χ3v) is 3.15. The highest BCUT2D eigenvalue weighted by molar-refractivity contribution is 6.62. The van der Waals surface area contributed by atoms with Crippen LogP contribution in [0.25, 0.3) is 0 Å². The summed E-state index contributed by atoms with van der Waals surface area (Å²) in [6.07, 6.45) is 0. The lowest BCUT2D eigenvalue weighted by Crippen LogP contribution is -2.54. The quantitative estimate of drug-likeness (QED) is 0.666. The van der Waals surface area contributed by atoms with Gasteiger partial charge in [-0.15, -0.1) is 0 Å². The van der Waals surface area contributed by atoms with Gasteiger partial charge in [0.2, 0.25) is 0 Å². The molecule has 4 nitrogen and oxygen atoms in total. The summed E-state index contributed by atoms with van der Waals surface area (Å²) in [4.78, 5) is 24.7. The van der Waals surface area contributed by atoms with Crippen molar-refractivity contribution in [2.24, 2.45) is 0 Å². The van der Waals surface area contributed by atoms with Crippen molar-refractivity contribution >= 4 is 46.6 Å². The summed E-state index contributed by atoms with van der Waals surface area (Å²) in [7, 11) is 0. The molecule has 0 aliphatic carbocycles. The highest BCUT2D eigenvalue weighted by atomic mass is 35.5. The molecule has 21 heavy (non-hydrogen) atoms. The lowest BCUT2D eigenvalue weighted by molar-refractivity contribution is -0.127. The van der Waals surface area contributed by atoms with Crippen molar-refractivity contribution in [3.8, 4) is 0 Å². The molecule has 0 bridgehead atoms. The number of halogens is 3. The third-order valence-electron chi connectivity index (χ3n) is 2.23. The summed E-state index contributed by atoms with van der Waals surface area (Å²) in [5, 5.41) is 0.377.